The third kappa shape index (κ3) is 5.23. The van der Waals surface area contributed by atoms with Gasteiger partial charge in [-0.2, -0.15) is 0 Å². The lowest BCUT2D eigenvalue weighted by Gasteiger charge is -2.25. The summed E-state index contributed by atoms with van der Waals surface area (Å²) in [6, 6.07) is 11.9. The van der Waals surface area contributed by atoms with Crippen LogP contribution in [0.5, 0.6) is 11.5 Å². The van der Waals surface area contributed by atoms with Crippen molar-refractivity contribution in [2.45, 2.75) is 23.8 Å². The minimum absolute atomic E-state index is 0.0293. The molecule has 10 nitrogen and oxygen atoms in total. The molecule has 11 heteroatoms. The third-order valence-electron chi connectivity index (χ3n) is 5.98. The van der Waals surface area contributed by atoms with E-state index in [2.05, 4.69) is 20.6 Å². The van der Waals surface area contributed by atoms with E-state index >= 15 is 0 Å². The van der Waals surface area contributed by atoms with Crippen molar-refractivity contribution in [3.63, 3.8) is 0 Å². The van der Waals surface area contributed by atoms with E-state index in [1.807, 2.05) is 18.2 Å². The molecule has 1 aliphatic rings. The number of hydrogen-bond acceptors (Lipinski definition) is 9. The van der Waals surface area contributed by atoms with Gasteiger partial charge in [0.25, 0.3) is 0 Å². The maximum Gasteiger partial charge on any atom is 0.238 e. The van der Waals surface area contributed by atoms with Crippen molar-refractivity contribution in [3.05, 3.63) is 61.1 Å². The van der Waals surface area contributed by atoms with Gasteiger partial charge < -0.3 is 20.1 Å². The van der Waals surface area contributed by atoms with Crippen molar-refractivity contribution < 1.29 is 17.9 Å². The minimum Gasteiger partial charge on any atom is -0.495 e. The number of fused-ring (bicyclic) bond motifs is 1. The van der Waals surface area contributed by atoms with Crippen molar-refractivity contribution in [1.29, 1.82) is 0 Å². The van der Waals surface area contributed by atoms with Gasteiger partial charge in [0, 0.05) is 34.6 Å². The van der Waals surface area contributed by atoms with Crippen LogP contribution in [0.15, 0.2) is 66.0 Å². The van der Waals surface area contributed by atoms with Gasteiger partial charge in [-0.3, -0.25) is 4.98 Å². The van der Waals surface area contributed by atoms with Crippen molar-refractivity contribution in [3.8, 4) is 22.6 Å². The van der Waals surface area contributed by atoms with Crippen molar-refractivity contribution in [2.75, 3.05) is 25.5 Å². The first-order chi connectivity index (χ1) is 17.4. The van der Waals surface area contributed by atoms with Crippen LogP contribution in [-0.4, -0.2) is 49.7 Å². The first-order valence-electron chi connectivity index (χ1n) is 11.5. The van der Waals surface area contributed by atoms with Crippen LogP contribution in [0, 0.1) is 0 Å². The molecular weight excluding hydrogens is 480 g/mol. The highest BCUT2D eigenvalue weighted by molar-refractivity contribution is 7.89. The number of pyridine rings is 1. The van der Waals surface area contributed by atoms with E-state index in [0.717, 1.165) is 42.4 Å². The zero-order valence-electron chi connectivity index (χ0n) is 19.6. The lowest BCUT2D eigenvalue weighted by molar-refractivity contribution is 0.165. The SMILES string of the molecule is COc1cncc(-c2ccc3cnc(Nc4ccc(S(N)(=O)=O)cc4)nc3c2OC2CCNCC2)c1. The predicted octanol–water partition coefficient (Wildman–Crippen LogP) is 3.22. The molecule has 186 valence electrons. The molecule has 4 N–H and O–H groups in total. The molecular formula is C25H26N6O4S. The van der Waals surface area contributed by atoms with Gasteiger partial charge >= 0.3 is 0 Å². The Kier molecular flexibility index (Phi) is 6.68. The first-order valence-corrected chi connectivity index (χ1v) is 13.0. The van der Waals surface area contributed by atoms with Crippen LogP contribution in [0.4, 0.5) is 11.6 Å². The highest BCUT2D eigenvalue weighted by Crippen LogP contribution is 2.38. The second kappa shape index (κ2) is 10.1. The predicted molar refractivity (Wildman–Crippen MR) is 137 cm³/mol. The molecule has 0 radical (unpaired) electrons. The molecule has 5 rings (SSSR count). The number of ether oxygens (including phenoxy) is 2. The number of nitrogens with two attached hydrogens (primary N) is 1. The Bertz CT molecular complexity index is 1490. The lowest BCUT2D eigenvalue weighted by atomic mass is 10.0. The lowest BCUT2D eigenvalue weighted by Crippen LogP contribution is -2.34. The quantitative estimate of drug-likeness (QED) is 0.344. The van der Waals surface area contributed by atoms with Gasteiger partial charge in [-0.15, -0.1) is 0 Å². The monoisotopic (exact) mass is 506 g/mol. The van der Waals surface area contributed by atoms with Crippen LogP contribution < -0.4 is 25.2 Å². The van der Waals surface area contributed by atoms with E-state index in [4.69, 9.17) is 19.6 Å². The number of rotatable bonds is 7. The van der Waals surface area contributed by atoms with Gasteiger partial charge in [-0.1, -0.05) is 6.07 Å². The number of methoxy groups -OCH3 is 1. The largest absolute Gasteiger partial charge is 0.495 e. The van der Waals surface area contributed by atoms with Gasteiger partial charge in [0.2, 0.25) is 16.0 Å². The van der Waals surface area contributed by atoms with Crippen LogP contribution in [0.3, 0.4) is 0 Å². The van der Waals surface area contributed by atoms with Gasteiger partial charge in [0.15, 0.2) is 5.75 Å². The van der Waals surface area contributed by atoms with Crippen LogP contribution in [0.1, 0.15) is 12.8 Å². The Balaban J connectivity index is 1.56. The Morgan fingerprint density at radius 2 is 1.83 bits per heavy atom. The topological polar surface area (TPSA) is 141 Å². The highest BCUT2D eigenvalue weighted by atomic mass is 32.2. The number of primary sulfonamides is 1. The molecule has 1 fully saturated rings. The number of sulfonamides is 1. The summed E-state index contributed by atoms with van der Waals surface area (Å²) in [6.07, 6.45) is 6.98. The number of nitrogens with zero attached hydrogens (tertiary/aromatic N) is 3. The van der Waals surface area contributed by atoms with Crippen LogP contribution in [0.25, 0.3) is 22.0 Å². The Hall–Kier alpha value is -3.80. The van der Waals surface area contributed by atoms with Crippen LogP contribution in [-0.2, 0) is 10.0 Å². The minimum atomic E-state index is -3.77. The van der Waals surface area contributed by atoms with Gasteiger partial charge in [-0.25, -0.2) is 23.5 Å². The molecule has 4 aromatic rings. The fourth-order valence-electron chi connectivity index (χ4n) is 4.09. The summed E-state index contributed by atoms with van der Waals surface area (Å²) in [5, 5.41) is 12.5. The summed E-state index contributed by atoms with van der Waals surface area (Å²) in [6.45, 7) is 1.78. The smallest absolute Gasteiger partial charge is 0.238 e. The Labute approximate surface area is 208 Å². The highest BCUT2D eigenvalue weighted by Gasteiger charge is 2.21. The van der Waals surface area contributed by atoms with E-state index < -0.39 is 10.0 Å². The number of anilines is 2. The van der Waals surface area contributed by atoms with Crippen LogP contribution >= 0.6 is 0 Å². The summed E-state index contributed by atoms with van der Waals surface area (Å²) in [5.41, 5.74) is 2.99. The Morgan fingerprint density at radius 1 is 1.06 bits per heavy atom. The average Bonchev–Trinajstić information content (AvgIpc) is 2.89. The van der Waals surface area contributed by atoms with Gasteiger partial charge in [-0.05, 0) is 62.3 Å². The zero-order chi connectivity index (χ0) is 25.1. The number of hydrogen-bond donors (Lipinski definition) is 3. The molecule has 0 atom stereocenters. The van der Waals surface area contributed by atoms with Gasteiger partial charge in [0.1, 0.15) is 17.4 Å². The summed E-state index contributed by atoms with van der Waals surface area (Å²) < 4.78 is 35.0. The number of nitrogens with one attached hydrogen (secondary N) is 2. The number of aromatic nitrogens is 3. The summed E-state index contributed by atoms with van der Waals surface area (Å²) >= 11 is 0. The summed E-state index contributed by atoms with van der Waals surface area (Å²) in [4.78, 5) is 13.5. The fraction of sp³-hybridized carbons (Fsp3) is 0.240. The van der Waals surface area contributed by atoms with Crippen molar-refractivity contribution in [1.82, 2.24) is 20.3 Å². The molecule has 36 heavy (non-hydrogen) atoms. The van der Waals surface area contributed by atoms with Crippen molar-refractivity contribution >= 4 is 32.6 Å². The zero-order valence-corrected chi connectivity index (χ0v) is 20.5. The molecule has 0 unspecified atom stereocenters. The second-order valence-electron chi connectivity index (χ2n) is 8.45. The molecule has 0 amide bonds. The first kappa shape index (κ1) is 23.9. The third-order valence-corrected chi connectivity index (χ3v) is 6.91. The Morgan fingerprint density at radius 3 is 2.56 bits per heavy atom. The van der Waals surface area contributed by atoms with E-state index in [-0.39, 0.29) is 11.0 Å². The van der Waals surface area contributed by atoms with E-state index in [9.17, 15) is 8.42 Å². The van der Waals surface area contributed by atoms with Crippen LogP contribution in [0.2, 0.25) is 0 Å². The van der Waals surface area contributed by atoms with E-state index in [1.54, 1.807) is 37.8 Å². The summed E-state index contributed by atoms with van der Waals surface area (Å²) in [5.74, 6) is 1.65. The molecule has 0 bridgehead atoms. The average molecular weight is 507 g/mol. The molecule has 3 heterocycles. The number of piperidine rings is 1. The molecule has 1 aliphatic heterocycles. The molecule has 0 spiro atoms. The summed E-state index contributed by atoms with van der Waals surface area (Å²) in [7, 11) is -2.17. The molecule has 2 aromatic heterocycles. The maximum atomic E-state index is 11.5. The normalized spacial score (nSPS) is 14.5. The fourth-order valence-corrected chi connectivity index (χ4v) is 4.61. The maximum absolute atomic E-state index is 11.5. The van der Waals surface area contributed by atoms with Crippen molar-refractivity contribution in [2.24, 2.45) is 5.14 Å². The second-order valence-corrected chi connectivity index (χ2v) is 10.0. The molecule has 0 saturated carbocycles. The molecule has 2 aromatic carbocycles. The van der Waals surface area contributed by atoms with E-state index in [1.165, 1.54) is 12.1 Å². The van der Waals surface area contributed by atoms with E-state index in [0.29, 0.717) is 28.7 Å². The molecule has 1 saturated heterocycles. The number of benzene rings is 2. The molecule has 0 aliphatic carbocycles. The van der Waals surface area contributed by atoms with Gasteiger partial charge in [0.05, 0.1) is 18.2 Å². The standard InChI is InChI=1S/C25H26N6O4S/c1-34-20-12-17(13-28-15-20)22-7-2-16-14-29-25(30-18-3-5-21(6-4-18)36(26,32)33)31-23(16)24(22)35-19-8-10-27-11-9-19/h2-7,12-15,19,27H,8-11H2,1H3,(H2,26,32,33)(H,29,30,31).